The van der Waals surface area contributed by atoms with Crippen LogP contribution in [0, 0.1) is 5.92 Å². The van der Waals surface area contributed by atoms with Crippen molar-refractivity contribution in [1.82, 2.24) is 0 Å². The van der Waals surface area contributed by atoms with Crippen molar-refractivity contribution < 1.29 is 33.3 Å². The van der Waals surface area contributed by atoms with Crippen LogP contribution in [0.2, 0.25) is 0 Å². The third-order valence-electron chi connectivity index (χ3n) is 6.35. The second-order valence-electron chi connectivity index (χ2n) is 8.97. The van der Waals surface area contributed by atoms with Crippen molar-refractivity contribution in [2.45, 2.75) is 90.3 Å². The Morgan fingerprint density at radius 2 is 1.81 bits per heavy atom. The van der Waals surface area contributed by atoms with Crippen molar-refractivity contribution in [3.63, 3.8) is 0 Å². The summed E-state index contributed by atoms with van der Waals surface area (Å²) in [6.07, 6.45) is 4.57. The average Bonchev–Trinajstić information content (AvgIpc) is 3.26. The maximum atomic E-state index is 12.4. The normalized spacial score (nSPS) is 39.5. The molecule has 7 nitrogen and oxygen atoms in total. The van der Waals surface area contributed by atoms with Gasteiger partial charge in [0.1, 0.15) is 30.0 Å². The molecule has 31 heavy (non-hydrogen) atoms. The first-order valence-corrected chi connectivity index (χ1v) is 10.8. The quantitative estimate of drug-likeness (QED) is 0.217. The van der Waals surface area contributed by atoms with E-state index in [0.717, 1.165) is 18.4 Å². The lowest BCUT2D eigenvalue weighted by Crippen LogP contribution is -2.41. The van der Waals surface area contributed by atoms with Gasteiger partial charge in [0.05, 0.1) is 5.92 Å². The third kappa shape index (κ3) is 5.09. The van der Waals surface area contributed by atoms with Gasteiger partial charge in [-0.3, -0.25) is 9.59 Å². The van der Waals surface area contributed by atoms with E-state index in [2.05, 4.69) is 18.7 Å². The van der Waals surface area contributed by atoms with Crippen LogP contribution in [0.4, 0.5) is 0 Å². The van der Waals surface area contributed by atoms with Crippen molar-refractivity contribution in [2.75, 3.05) is 0 Å². The van der Waals surface area contributed by atoms with Crippen molar-refractivity contribution >= 4 is 17.9 Å². The monoisotopic (exact) mass is 432 g/mol. The molecule has 2 fully saturated rings. The molecule has 0 aromatic carbocycles. The topological polar surface area (TPSA) is 91.4 Å². The van der Waals surface area contributed by atoms with Crippen molar-refractivity contribution in [3.05, 3.63) is 35.5 Å². The number of hydrogen-bond acceptors (Lipinski definition) is 7. The number of hydrogen-bond donors (Lipinski definition) is 0. The first-order chi connectivity index (χ1) is 14.5. The summed E-state index contributed by atoms with van der Waals surface area (Å²) in [5, 5.41) is 0. The molecule has 0 spiro atoms. The van der Waals surface area contributed by atoms with E-state index in [-0.39, 0.29) is 5.57 Å². The molecule has 2 aliphatic heterocycles. The summed E-state index contributed by atoms with van der Waals surface area (Å²) in [5.41, 5.74) is 1.72. The minimum absolute atomic E-state index is 0.272. The van der Waals surface area contributed by atoms with E-state index < -0.39 is 53.8 Å². The second kappa shape index (κ2) is 8.99. The molecule has 0 bridgehead atoms. The Balaban J connectivity index is 2.00. The van der Waals surface area contributed by atoms with E-state index in [9.17, 15) is 14.4 Å². The molecule has 2 heterocycles. The Kier molecular flexibility index (Phi) is 6.74. The van der Waals surface area contributed by atoms with Crippen molar-refractivity contribution in [2.24, 2.45) is 5.92 Å². The summed E-state index contributed by atoms with van der Waals surface area (Å²) in [6, 6.07) is 0. The summed E-state index contributed by atoms with van der Waals surface area (Å²) in [6.45, 7) is 12.5. The first kappa shape index (κ1) is 23.3. The van der Waals surface area contributed by atoms with Gasteiger partial charge in [0.2, 0.25) is 0 Å². The third-order valence-corrected chi connectivity index (χ3v) is 6.35. The Morgan fingerprint density at radius 1 is 1.13 bits per heavy atom. The molecular weight excluding hydrogens is 400 g/mol. The fourth-order valence-corrected chi connectivity index (χ4v) is 4.60. The zero-order valence-corrected chi connectivity index (χ0v) is 18.9. The highest BCUT2D eigenvalue weighted by Gasteiger charge is 2.67. The summed E-state index contributed by atoms with van der Waals surface area (Å²) < 4.78 is 22.9. The largest absolute Gasteiger partial charge is 0.461 e. The number of rotatable bonds is 2. The number of esters is 3. The van der Waals surface area contributed by atoms with Gasteiger partial charge in [-0.25, -0.2) is 4.79 Å². The molecular formula is C24H32O7. The van der Waals surface area contributed by atoms with Gasteiger partial charge in [0.15, 0.2) is 0 Å². The zero-order valence-electron chi connectivity index (χ0n) is 18.9. The van der Waals surface area contributed by atoms with Crippen LogP contribution in [-0.2, 0) is 33.3 Å². The fourth-order valence-electron chi connectivity index (χ4n) is 4.60. The lowest BCUT2D eigenvalue weighted by molar-refractivity contribution is -0.151. The highest BCUT2D eigenvalue weighted by atomic mass is 16.7. The SMILES string of the molecule is C=C1C(=O)O[C@H]2[C@H]1[C@H](OC(C)=O)C/C(C)=C/CC/C(C)=C/C[C@@H](OC(C)=O)[C@]1(C)O[C@@H]21. The molecule has 0 unspecified atom stereocenters. The van der Waals surface area contributed by atoms with Gasteiger partial charge < -0.3 is 18.9 Å². The van der Waals surface area contributed by atoms with Crippen LogP contribution in [-0.4, -0.2) is 47.9 Å². The minimum Gasteiger partial charge on any atom is -0.461 e. The zero-order chi connectivity index (χ0) is 22.9. The Bertz CT molecular complexity index is 839. The van der Waals surface area contributed by atoms with Crippen LogP contribution in [0.3, 0.4) is 0 Å². The van der Waals surface area contributed by atoms with Gasteiger partial charge in [0, 0.05) is 32.3 Å². The highest BCUT2D eigenvalue weighted by Crippen LogP contribution is 2.50. The Morgan fingerprint density at radius 3 is 2.45 bits per heavy atom. The Hall–Kier alpha value is -2.41. The molecule has 0 radical (unpaired) electrons. The van der Waals surface area contributed by atoms with Crippen LogP contribution >= 0.6 is 0 Å². The van der Waals surface area contributed by atoms with Gasteiger partial charge in [-0.15, -0.1) is 0 Å². The molecule has 3 aliphatic rings. The predicted molar refractivity (Wildman–Crippen MR) is 113 cm³/mol. The molecule has 6 atom stereocenters. The lowest BCUT2D eigenvalue weighted by atomic mass is 9.82. The van der Waals surface area contributed by atoms with E-state index >= 15 is 0 Å². The van der Waals surface area contributed by atoms with Crippen LogP contribution in [0.15, 0.2) is 35.5 Å². The summed E-state index contributed by atoms with van der Waals surface area (Å²) in [5.74, 6) is -1.88. The predicted octanol–water partition coefficient (Wildman–Crippen LogP) is 3.57. The molecule has 1 aliphatic carbocycles. The van der Waals surface area contributed by atoms with Crippen LogP contribution < -0.4 is 0 Å². The molecule has 7 heteroatoms. The number of allylic oxidation sites excluding steroid dienone is 2. The molecule has 0 aromatic heterocycles. The number of carbonyl (C=O) groups excluding carboxylic acids is 3. The van der Waals surface area contributed by atoms with Crippen molar-refractivity contribution in [3.8, 4) is 0 Å². The Labute approximate surface area is 183 Å². The second-order valence-corrected chi connectivity index (χ2v) is 8.97. The lowest BCUT2D eigenvalue weighted by Gasteiger charge is -2.28. The highest BCUT2D eigenvalue weighted by molar-refractivity contribution is 5.91. The molecule has 0 N–H and O–H groups in total. The fraction of sp³-hybridized carbons (Fsp3) is 0.625. The molecule has 0 amide bonds. The molecule has 0 aromatic rings. The van der Waals surface area contributed by atoms with E-state index in [1.54, 1.807) is 0 Å². The molecule has 2 saturated heterocycles. The first-order valence-electron chi connectivity index (χ1n) is 10.8. The number of fused-ring (bicyclic) bond motifs is 3. The van der Waals surface area contributed by atoms with E-state index in [1.807, 2.05) is 20.8 Å². The summed E-state index contributed by atoms with van der Waals surface area (Å²) >= 11 is 0. The van der Waals surface area contributed by atoms with E-state index in [0.29, 0.717) is 12.8 Å². The van der Waals surface area contributed by atoms with Crippen LogP contribution in [0.5, 0.6) is 0 Å². The maximum Gasteiger partial charge on any atom is 0.334 e. The summed E-state index contributed by atoms with van der Waals surface area (Å²) in [4.78, 5) is 36.0. The van der Waals surface area contributed by atoms with Gasteiger partial charge in [0.25, 0.3) is 0 Å². The summed E-state index contributed by atoms with van der Waals surface area (Å²) in [7, 11) is 0. The molecule has 0 saturated carbocycles. The van der Waals surface area contributed by atoms with Crippen LogP contribution in [0.1, 0.15) is 60.3 Å². The van der Waals surface area contributed by atoms with Gasteiger partial charge >= 0.3 is 17.9 Å². The molecule has 170 valence electrons. The maximum absolute atomic E-state index is 12.4. The van der Waals surface area contributed by atoms with Crippen LogP contribution in [0.25, 0.3) is 0 Å². The minimum atomic E-state index is -0.813. The molecule has 3 rings (SSSR count). The number of carbonyl (C=O) groups is 3. The van der Waals surface area contributed by atoms with Gasteiger partial charge in [-0.2, -0.15) is 0 Å². The van der Waals surface area contributed by atoms with E-state index in [1.165, 1.54) is 19.4 Å². The number of ether oxygens (including phenoxy) is 4. The van der Waals surface area contributed by atoms with Gasteiger partial charge in [-0.1, -0.05) is 29.9 Å². The van der Waals surface area contributed by atoms with Crippen molar-refractivity contribution in [1.29, 1.82) is 0 Å². The van der Waals surface area contributed by atoms with E-state index in [4.69, 9.17) is 18.9 Å². The number of epoxide rings is 1. The standard InChI is InChI=1S/C24H32O7/c1-13-8-7-9-14(2)12-18(28-16(4)25)20-15(3)23(27)30-21(20)22-24(6,31-22)19(11-10-13)29-17(5)26/h9-10,18-22H,3,7-8,11-12H2,1-2,4-6H3/b13-10+,14-9+/t18-,19-,20-,21+,22+,24+/m1/s1. The average molecular weight is 433 g/mol. The van der Waals surface area contributed by atoms with Gasteiger partial charge in [-0.05, 0) is 33.6 Å². The smallest absolute Gasteiger partial charge is 0.334 e.